The van der Waals surface area contributed by atoms with Crippen LogP contribution in [0.3, 0.4) is 0 Å². The number of ether oxygens (including phenoxy) is 10. The molecule has 0 N–H and O–H groups in total. The molecule has 0 spiro atoms. The Balaban J connectivity index is 4.32. The lowest BCUT2D eigenvalue weighted by Crippen LogP contribution is -2.49. The van der Waals surface area contributed by atoms with Gasteiger partial charge >= 0.3 is 0 Å². The van der Waals surface area contributed by atoms with Gasteiger partial charge in [-0.2, -0.15) is 0 Å². The Morgan fingerprint density at radius 1 is 0.181 bits per heavy atom. The van der Waals surface area contributed by atoms with Gasteiger partial charge < -0.3 is 56.3 Å². The van der Waals surface area contributed by atoms with Crippen LogP contribution in [0.1, 0.15) is 349 Å². The topological polar surface area (TPSA) is 92.3 Å². The quantitative estimate of drug-likeness (QED) is 0.0433. The molecule has 0 aromatic heterocycles. The van der Waals surface area contributed by atoms with Crippen LogP contribution in [0.4, 0.5) is 0 Å². The molecule has 0 saturated carbocycles. The van der Waals surface area contributed by atoms with Crippen molar-refractivity contribution in [1.29, 1.82) is 0 Å². The fourth-order valence-corrected chi connectivity index (χ4v) is 12.7. The molecule has 0 aliphatic rings. The number of hydrogen-bond donors (Lipinski definition) is 0. The minimum atomic E-state index is 0.101. The highest BCUT2D eigenvalue weighted by Gasteiger charge is 2.25. The summed E-state index contributed by atoms with van der Waals surface area (Å²) >= 11 is 0. The van der Waals surface area contributed by atoms with Gasteiger partial charge in [-0.1, -0.05) is 323 Å². The van der Waals surface area contributed by atoms with E-state index in [4.69, 9.17) is 47.4 Å². The summed E-state index contributed by atoms with van der Waals surface area (Å²) in [5.41, 5.74) is 0. The molecule has 12 heteroatoms. The minimum absolute atomic E-state index is 0.101. The number of likely N-dealkylation sites (N-methyl/N-ethyl adjacent to an activating group) is 2. The number of nitrogens with zero attached hydrogens (tertiary/aromatic N) is 2. The van der Waals surface area contributed by atoms with Crippen molar-refractivity contribution in [1.82, 2.24) is 0 Å². The molecule has 566 valence electrons. The second kappa shape index (κ2) is 78.2. The molecule has 0 heterocycles. The third-order valence-corrected chi connectivity index (χ3v) is 19.0. The van der Waals surface area contributed by atoms with Crippen molar-refractivity contribution in [2.45, 2.75) is 361 Å². The summed E-state index contributed by atoms with van der Waals surface area (Å²) in [4.78, 5) is 0. The summed E-state index contributed by atoms with van der Waals surface area (Å²) in [6.07, 6.45) is 68.4. The Morgan fingerprint density at radius 3 is 0.553 bits per heavy atom. The van der Waals surface area contributed by atoms with Crippen LogP contribution in [0, 0.1) is 0 Å². The monoisotopic (exact) mass is 1340 g/mol. The molecular weight excluding hydrogens is 1170 g/mol. The third kappa shape index (κ3) is 77.3. The minimum Gasteiger partial charge on any atom is -0.379 e. The largest absolute Gasteiger partial charge is 0.379 e. The van der Waals surface area contributed by atoms with E-state index in [1.54, 1.807) is 0 Å². The van der Waals surface area contributed by atoms with Crippen molar-refractivity contribution in [2.24, 2.45) is 0 Å². The zero-order valence-corrected chi connectivity index (χ0v) is 65.0. The molecule has 0 rings (SSSR count). The Hall–Kier alpha value is -0.480. The highest BCUT2D eigenvalue weighted by Crippen LogP contribution is 2.18. The molecule has 2 atom stereocenters. The van der Waals surface area contributed by atoms with E-state index in [-0.39, 0.29) is 12.2 Å². The molecule has 94 heavy (non-hydrogen) atoms. The van der Waals surface area contributed by atoms with Crippen LogP contribution >= 0.6 is 0 Å². The summed E-state index contributed by atoms with van der Waals surface area (Å²) in [6.45, 7) is 24.5. The predicted molar refractivity (Wildman–Crippen MR) is 403 cm³/mol. The van der Waals surface area contributed by atoms with E-state index in [2.05, 4.69) is 55.9 Å². The Morgan fingerprint density at radius 2 is 0.351 bits per heavy atom. The van der Waals surface area contributed by atoms with Gasteiger partial charge in [0.2, 0.25) is 0 Å². The smallest absolute Gasteiger partial charge is 0.130 e. The van der Waals surface area contributed by atoms with E-state index in [0.717, 1.165) is 87.3 Å². The van der Waals surface area contributed by atoms with Gasteiger partial charge in [-0.25, -0.2) is 0 Å². The zero-order chi connectivity index (χ0) is 68.1. The fourth-order valence-electron chi connectivity index (χ4n) is 12.7. The molecule has 0 aromatic carbocycles. The molecule has 0 saturated heterocycles. The van der Waals surface area contributed by atoms with Crippen LogP contribution in [-0.4, -0.2) is 194 Å². The van der Waals surface area contributed by atoms with E-state index in [1.807, 2.05) is 0 Å². The Labute approximate surface area is 587 Å². The fraction of sp³-hybridized carbons (Fsp3) is 1.00. The highest BCUT2D eigenvalue weighted by atomic mass is 16.6. The molecule has 0 amide bonds. The number of rotatable bonds is 85. The summed E-state index contributed by atoms with van der Waals surface area (Å²) < 4.78 is 62.6. The van der Waals surface area contributed by atoms with Gasteiger partial charge in [-0.15, -0.1) is 0 Å². The van der Waals surface area contributed by atoms with E-state index in [9.17, 15) is 0 Å². The lowest BCUT2D eigenvalue weighted by molar-refractivity contribution is -0.894. The van der Waals surface area contributed by atoms with E-state index < -0.39 is 0 Å². The lowest BCUT2D eigenvalue weighted by atomic mass is 10.0. The molecular formula is C82H170N2O10+2. The number of unbranched alkanes of at least 4 members (excludes halogenated alkanes) is 46. The second-order valence-electron chi connectivity index (χ2n) is 29.8. The van der Waals surface area contributed by atoms with Gasteiger partial charge in [0.05, 0.1) is 121 Å². The zero-order valence-electron chi connectivity index (χ0n) is 65.0. The van der Waals surface area contributed by atoms with Gasteiger partial charge in [0.25, 0.3) is 0 Å². The summed E-state index contributed by atoms with van der Waals surface area (Å²) in [5, 5.41) is 0. The average Bonchev–Trinajstić information content (AvgIpc) is 3.29. The van der Waals surface area contributed by atoms with Gasteiger partial charge in [0.15, 0.2) is 0 Å². The van der Waals surface area contributed by atoms with Crippen LogP contribution in [-0.2, 0) is 47.4 Å². The number of quaternary nitrogens is 2. The molecule has 0 aliphatic carbocycles. The van der Waals surface area contributed by atoms with E-state index in [0.29, 0.717) is 92.5 Å². The molecule has 0 aromatic rings. The molecule has 0 fully saturated rings. The van der Waals surface area contributed by atoms with Crippen molar-refractivity contribution in [2.75, 3.05) is 173 Å². The first-order chi connectivity index (χ1) is 46.2. The highest BCUT2D eigenvalue weighted by molar-refractivity contribution is 4.61. The summed E-state index contributed by atoms with van der Waals surface area (Å²) in [6, 6.07) is 0. The molecule has 0 aliphatic heterocycles. The molecule has 12 nitrogen and oxygen atoms in total. The van der Waals surface area contributed by atoms with Gasteiger partial charge in [-0.05, 0) is 25.7 Å². The first-order valence-electron chi connectivity index (χ1n) is 41.7. The molecule has 0 bridgehead atoms. The van der Waals surface area contributed by atoms with Crippen molar-refractivity contribution in [3.05, 3.63) is 0 Å². The average molecular weight is 1340 g/mol. The normalized spacial score (nSPS) is 12.9. The van der Waals surface area contributed by atoms with Crippen molar-refractivity contribution >= 4 is 0 Å². The Kier molecular flexibility index (Phi) is 77.8. The first-order valence-corrected chi connectivity index (χ1v) is 41.7. The SMILES string of the molecule is CCCCCCCCCCCCCCCOCC(C[N+](C)(C)CCOCCOCCOCCOCCOCCOCC[N+](C)(C)CC(COCCCCCCCCCCCCCC)OCCCCCCCCCCCCCC)OCCCCCCCCCCCCCCC. The van der Waals surface area contributed by atoms with Crippen molar-refractivity contribution in [3.8, 4) is 0 Å². The van der Waals surface area contributed by atoms with Crippen molar-refractivity contribution in [3.63, 3.8) is 0 Å². The second-order valence-corrected chi connectivity index (χ2v) is 29.8. The number of hydrogen-bond acceptors (Lipinski definition) is 10. The predicted octanol–water partition coefficient (Wildman–Crippen LogP) is 21.6. The summed E-state index contributed by atoms with van der Waals surface area (Å²) in [7, 11) is 9.17. The lowest BCUT2D eigenvalue weighted by Gasteiger charge is -2.33. The summed E-state index contributed by atoms with van der Waals surface area (Å²) in [5.74, 6) is 0. The Bertz CT molecular complexity index is 1380. The third-order valence-electron chi connectivity index (χ3n) is 19.0. The first kappa shape index (κ1) is 93.5. The van der Waals surface area contributed by atoms with E-state index >= 15 is 0 Å². The van der Waals surface area contributed by atoms with Crippen LogP contribution in [0.15, 0.2) is 0 Å². The van der Waals surface area contributed by atoms with E-state index in [1.165, 1.54) is 295 Å². The van der Waals surface area contributed by atoms with Gasteiger partial charge in [-0.3, -0.25) is 0 Å². The van der Waals surface area contributed by atoms with Gasteiger partial charge in [0, 0.05) is 26.4 Å². The maximum Gasteiger partial charge on any atom is 0.130 e. The van der Waals surface area contributed by atoms with Gasteiger partial charge in [0.1, 0.15) is 38.4 Å². The van der Waals surface area contributed by atoms with Crippen LogP contribution in [0.25, 0.3) is 0 Å². The maximum atomic E-state index is 6.57. The standard InChI is InChI=1S/C82H170N2O10/c1-9-13-17-21-25-29-33-37-40-44-48-52-56-62-92-80-82(94-64-58-54-50-46-42-38-34-30-26-22-18-14-10-2)78-84(7,8)60-66-86-68-70-88-72-74-90-76-75-89-73-71-87-69-67-85-65-59-83(5,6)77-81(93-63-57-53-49-45-41-36-32-28-24-20-16-12-4)79-91-61-55-51-47-43-39-35-31-27-23-19-15-11-3/h81-82H,9-80H2,1-8H3/q+2. The molecule has 2 unspecified atom stereocenters. The molecule has 0 radical (unpaired) electrons. The van der Waals surface area contributed by atoms with Crippen LogP contribution in [0.5, 0.6) is 0 Å². The maximum absolute atomic E-state index is 6.57. The van der Waals surface area contributed by atoms with Crippen LogP contribution < -0.4 is 0 Å². The van der Waals surface area contributed by atoms with Crippen molar-refractivity contribution < 1.29 is 56.3 Å². The van der Waals surface area contributed by atoms with Crippen LogP contribution in [0.2, 0.25) is 0 Å².